The van der Waals surface area contributed by atoms with E-state index in [0.29, 0.717) is 5.92 Å². The molecule has 0 N–H and O–H groups in total. The lowest BCUT2D eigenvalue weighted by atomic mass is 9.96. The van der Waals surface area contributed by atoms with Gasteiger partial charge in [0, 0.05) is 25.5 Å². The number of aromatic nitrogens is 5. The van der Waals surface area contributed by atoms with Crippen molar-refractivity contribution in [3.8, 4) is 0 Å². The number of likely N-dealkylation sites (tertiary alicyclic amines) is 1. The Balaban J connectivity index is 1.61. The Morgan fingerprint density at radius 2 is 1.93 bits per heavy atom. The fourth-order valence-corrected chi connectivity index (χ4v) is 3.98. The Kier molecular flexibility index (Phi) is 5.53. The number of hydrogen-bond donors (Lipinski definition) is 0. The number of piperidine rings is 1. The molecule has 1 aliphatic heterocycles. The highest BCUT2D eigenvalue weighted by atomic mass is 15.5. The van der Waals surface area contributed by atoms with Crippen LogP contribution >= 0.6 is 0 Å². The molecule has 2 aromatic heterocycles. The van der Waals surface area contributed by atoms with E-state index in [4.69, 9.17) is 0 Å². The summed E-state index contributed by atoms with van der Waals surface area (Å²) in [7, 11) is 0. The maximum Gasteiger partial charge on any atom is 0.173 e. The summed E-state index contributed by atoms with van der Waals surface area (Å²) in [5, 5.41) is 12.8. The molecule has 0 spiro atoms. The average Bonchev–Trinajstić information content (AvgIpc) is 3.16. The monoisotopic (exact) mass is 362 g/mol. The van der Waals surface area contributed by atoms with Crippen LogP contribution in [-0.2, 0) is 13.0 Å². The van der Waals surface area contributed by atoms with E-state index in [-0.39, 0.29) is 6.04 Å². The van der Waals surface area contributed by atoms with Gasteiger partial charge in [0.25, 0.3) is 0 Å². The summed E-state index contributed by atoms with van der Waals surface area (Å²) in [6, 6.07) is 14.7. The van der Waals surface area contributed by atoms with Crippen molar-refractivity contribution >= 4 is 0 Å². The Morgan fingerprint density at radius 3 is 2.70 bits per heavy atom. The van der Waals surface area contributed by atoms with Gasteiger partial charge < -0.3 is 0 Å². The molecule has 2 atom stereocenters. The van der Waals surface area contributed by atoms with E-state index in [9.17, 15) is 0 Å². The fourth-order valence-electron chi connectivity index (χ4n) is 3.98. The lowest BCUT2D eigenvalue weighted by Crippen LogP contribution is -2.39. The number of tetrazole rings is 1. The van der Waals surface area contributed by atoms with Crippen molar-refractivity contribution in [1.29, 1.82) is 0 Å². The van der Waals surface area contributed by atoms with Crippen molar-refractivity contribution in [2.24, 2.45) is 5.92 Å². The maximum absolute atomic E-state index is 4.45. The summed E-state index contributed by atoms with van der Waals surface area (Å²) >= 11 is 0. The van der Waals surface area contributed by atoms with Crippen LogP contribution in [0.4, 0.5) is 0 Å². The number of benzene rings is 1. The molecule has 3 aromatic rings. The normalized spacial score (nSPS) is 19.1. The average molecular weight is 362 g/mol. The van der Waals surface area contributed by atoms with Crippen LogP contribution in [0.1, 0.15) is 42.8 Å². The molecule has 0 unspecified atom stereocenters. The lowest BCUT2D eigenvalue weighted by molar-refractivity contribution is 0.141. The molecule has 0 aliphatic carbocycles. The van der Waals surface area contributed by atoms with Crippen LogP contribution in [0.3, 0.4) is 0 Å². The second kappa shape index (κ2) is 8.39. The van der Waals surface area contributed by atoms with E-state index in [1.54, 1.807) is 0 Å². The minimum atomic E-state index is 0.0709. The minimum absolute atomic E-state index is 0.0709. The molecular weight excluding hydrogens is 336 g/mol. The molecule has 6 heteroatoms. The number of hydrogen-bond acceptors (Lipinski definition) is 5. The van der Waals surface area contributed by atoms with Crippen LogP contribution in [0.25, 0.3) is 0 Å². The molecule has 4 rings (SSSR count). The van der Waals surface area contributed by atoms with E-state index in [1.165, 1.54) is 24.0 Å². The first-order valence-corrected chi connectivity index (χ1v) is 9.75. The van der Waals surface area contributed by atoms with Gasteiger partial charge >= 0.3 is 0 Å². The van der Waals surface area contributed by atoms with Crippen LogP contribution < -0.4 is 0 Å². The quantitative estimate of drug-likeness (QED) is 0.674. The van der Waals surface area contributed by atoms with Crippen LogP contribution in [-0.4, -0.2) is 43.2 Å². The molecule has 0 bridgehead atoms. The van der Waals surface area contributed by atoms with Crippen LogP contribution in [0.2, 0.25) is 0 Å². The molecule has 6 nitrogen and oxygen atoms in total. The number of aryl methyl sites for hydroxylation is 2. The first-order chi connectivity index (χ1) is 13.3. The zero-order valence-corrected chi connectivity index (χ0v) is 15.8. The van der Waals surface area contributed by atoms with E-state index in [1.807, 2.05) is 23.1 Å². The van der Waals surface area contributed by atoms with Gasteiger partial charge in [-0.3, -0.25) is 9.88 Å². The molecule has 1 aromatic carbocycles. The highest BCUT2D eigenvalue weighted by Crippen LogP contribution is 2.31. The van der Waals surface area contributed by atoms with Gasteiger partial charge in [0.2, 0.25) is 0 Å². The smallest absolute Gasteiger partial charge is 0.173 e. The van der Waals surface area contributed by atoms with Crippen molar-refractivity contribution in [3.05, 3.63) is 71.8 Å². The molecule has 1 aliphatic rings. The van der Waals surface area contributed by atoms with Crippen molar-refractivity contribution in [2.75, 3.05) is 13.1 Å². The molecule has 1 fully saturated rings. The number of pyridine rings is 1. The van der Waals surface area contributed by atoms with Gasteiger partial charge in [-0.15, -0.1) is 5.10 Å². The van der Waals surface area contributed by atoms with Crippen molar-refractivity contribution in [3.63, 3.8) is 0 Å². The van der Waals surface area contributed by atoms with Crippen LogP contribution in [0, 0.1) is 5.92 Å². The lowest BCUT2D eigenvalue weighted by Gasteiger charge is -2.36. The summed E-state index contributed by atoms with van der Waals surface area (Å²) in [4.78, 5) is 6.71. The summed E-state index contributed by atoms with van der Waals surface area (Å²) in [6.07, 6.45) is 7.13. The fraction of sp³-hybridized carbons (Fsp3) is 0.429. The van der Waals surface area contributed by atoms with Gasteiger partial charge in [-0.25, -0.2) is 4.68 Å². The van der Waals surface area contributed by atoms with E-state index in [2.05, 4.69) is 68.7 Å². The predicted octanol–water partition coefficient (Wildman–Crippen LogP) is 3.13. The van der Waals surface area contributed by atoms with Crippen LogP contribution in [0.5, 0.6) is 0 Å². The Labute approximate surface area is 160 Å². The molecule has 0 saturated carbocycles. The predicted molar refractivity (Wildman–Crippen MR) is 104 cm³/mol. The molecular formula is C21H26N6. The van der Waals surface area contributed by atoms with E-state index in [0.717, 1.165) is 31.9 Å². The topological polar surface area (TPSA) is 59.7 Å². The highest BCUT2D eigenvalue weighted by Gasteiger charge is 2.30. The van der Waals surface area contributed by atoms with Crippen molar-refractivity contribution < 1.29 is 0 Å². The second-order valence-corrected chi connectivity index (χ2v) is 7.42. The minimum Gasteiger partial charge on any atom is -0.289 e. The Morgan fingerprint density at radius 1 is 1.11 bits per heavy atom. The summed E-state index contributed by atoms with van der Waals surface area (Å²) in [5.74, 6) is 1.61. The molecule has 27 heavy (non-hydrogen) atoms. The van der Waals surface area contributed by atoms with Gasteiger partial charge in [-0.2, -0.15) is 0 Å². The second-order valence-electron chi connectivity index (χ2n) is 7.42. The number of rotatable bonds is 6. The molecule has 140 valence electrons. The highest BCUT2D eigenvalue weighted by molar-refractivity contribution is 5.23. The first-order valence-electron chi connectivity index (χ1n) is 9.75. The number of nitrogens with zero attached hydrogens (tertiary/aromatic N) is 6. The van der Waals surface area contributed by atoms with Crippen molar-refractivity contribution in [1.82, 2.24) is 30.1 Å². The van der Waals surface area contributed by atoms with Gasteiger partial charge in [-0.05, 0) is 65.4 Å². The van der Waals surface area contributed by atoms with E-state index >= 15 is 0 Å². The molecule has 0 radical (unpaired) electrons. The largest absolute Gasteiger partial charge is 0.289 e. The van der Waals surface area contributed by atoms with Crippen molar-refractivity contribution in [2.45, 2.75) is 38.8 Å². The van der Waals surface area contributed by atoms with Gasteiger partial charge in [0.15, 0.2) is 5.82 Å². The maximum atomic E-state index is 4.45. The zero-order chi connectivity index (χ0) is 18.5. The van der Waals surface area contributed by atoms with Gasteiger partial charge in [0.05, 0.1) is 6.04 Å². The Bertz CT molecular complexity index is 832. The van der Waals surface area contributed by atoms with E-state index < -0.39 is 0 Å². The molecule has 3 heterocycles. The molecule has 1 saturated heterocycles. The third-order valence-electron chi connectivity index (χ3n) is 5.33. The summed E-state index contributed by atoms with van der Waals surface area (Å²) < 4.78 is 1.97. The Hall–Kier alpha value is -2.60. The summed E-state index contributed by atoms with van der Waals surface area (Å²) in [6.45, 7) is 5.24. The SMILES string of the molecule is C[C@H]1CCCN([C@H](c2ccncc2)c2nnnn2CCc2ccccc2)C1. The third kappa shape index (κ3) is 4.22. The molecule has 0 amide bonds. The zero-order valence-electron chi connectivity index (χ0n) is 15.8. The first kappa shape index (κ1) is 17.8. The summed E-state index contributed by atoms with van der Waals surface area (Å²) in [5.41, 5.74) is 2.50. The third-order valence-corrected chi connectivity index (χ3v) is 5.33. The standard InChI is InChI=1S/C21H26N6/c1-17-6-5-14-26(16-17)20(19-9-12-22-13-10-19)21-23-24-25-27(21)15-11-18-7-3-2-4-8-18/h2-4,7-10,12-13,17,20H,5-6,11,14-16H2,1H3/t17-,20+/m0/s1. The van der Waals surface area contributed by atoms with Crippen LogP contribution in [0.15, 0.2) is 54.9 Å². The van der Waals surface area contributed by atoms with Gasteiger partial charge in [-0.1, -0.05) is 37.3 Å². The van der Waals surface area contributed by atoms with Gasteiger partial charge in [0.1, 0.15) is 0 Å².